The van der Waals surface area contributed by atoms with E-state index in [2.05, 4.69) is 142 Å². The third-order valence-corrected chi connectivity index (χ3v) is 10.4. The monoisotopic (exact) mass is 911 g/mol. The van der Waals surface area contributed by atoms with Gasteiger partial charge in [0, 0.05) is 12.8 Å². The fraction of sp³-hybridized carbons (Fsp3) is 0.583. The summed E-state index contributed by atoms with van der Waals surface area (Å²) in [6, 6.07) is 0. The molecule has 0 aliphatic heterocycles. The van der Waals surface area contributed by atoms with E-state index in [1.807, 2.05) is 6.08 Å². The highest BCUT2D eigenvalue weighted by atomic mass is 16.6. The first-order valence-electron chi connectivity index (χ1n) is 26.2. The molecule has 0 spiro atoms. The lowest BCUT2D eigenvalue weighted by molar-refractivity contribution is -0.166. The summed E-state index contributed by atoms with van der Waals surface area (Å²) in [5, 5.41) is 0. The molecule has 0 aliphatic rings. The molecule has 0 N–H and O–H groups in total. The highest BCUT2D eigenvalue weighted by Crippen LogP contribution is 2.12. The standard InChI is InChI=1S/C60H94O6/c1-4-7-10-13-16-19-22-25-28-30-33-35-38-41-44-47-50-53-59(62)65-56-57(55-64-58(61)52-49-46-43-40-37-34-31-27-24-21-18-15-12-9-6-3)66-60(63)54-51-48-45-42-39-36-32-29-26-23-20-17-14-11-8-5-2/h7,9-10,12,16,18-21,23,25,27-29,31-33,35,37,40,46,49,57H,4-6,8,11,13-15,17,22,24,26,30,34,36,38-39,41-45,47-48,50-56H2,1-3H3/b10-7-,12-9-,19-16-,21-18-,23-20-,28-25-,31-27-,32-29-,35-33-,40-37-,49-46-. The molecule has 0 aromatic carbocycles. The number of carbonyl (C=O) groups is 3. The van der Waals surface area contributed by atoms with Crippen LogP contribution in [0.2, 0.25) is 0 Å². The highest BCUT2D eigenvalue weighted by molar-refractivity contribution is 5.72. The van der Waals surface area contributed by atoms with Gasteiger partial charge in [0.05, 0.1) is 6.42 Å². The van der Waals surface area contributed by atoms with Crippen LogP contribution in [0.3, 0.4) is 0 Å². The number of ether oxygens (including phenoxy) is 3. The third-order valence-electron chi connectivity index (χ3n) is 10.4. The summed E-state index contributed by atoms with van der Waals surface area (Å²) in [5.74, 6) is -1.11. The minimum absolute atomic E-state index is 0.113. The average molecular weight is 911 g/mol. The zero-order valence-corrected chi connectivity index (χ0v) is 42.1. The van der Waals surface area contributed by atoms with Gasteiger partial charge in [-0.15, -0.1) is 0 Å². The van der Waals surface area contributed by atoms with Crippen LogP contribution in [-0.2, 0) is 28.6 Å². The number of unbranched alkanes of at least 4 members (excludes halogenated alkanes) is 13. The minimum atomic E-state index is -0.840. The van der Waals surface area contributed by atoms with Crippen LogP contribution in [0.1, 0.15) is 207 Å². The van der Waals surface area contributed by atoms with Crippen molar-refractivity contribution in [2.24, 2.45) is 0 Å². The molecule has 0 bridgehead atoms. The molecule has 370 valence electrons. The summed E-state index contributed by atoms with van der Waals surface area (Å²) in [7, 11) is 0. The first-order chi connectivity index (χ1) is 32.5. The lowest BCUT2D eigenvalue weighted by Gasteiger charge is -2.18. The van der Waals surface area contributed by atoms with Crippen molar-refractivity contribution in [3.8, 4) is 0 Å². The molecular weight excluding hydrogens is 817 g/mol. The van der Waals surface area contributed by atoms with Crippen LogP contribution in [0.15, 0.2) is 134 Å². The van der Waals surface area contributed by atoms with Crippen molar-refractivity contribution in [1.82, 2.24) is 0 Å². The molecule has 1 unspecified atom stereocenters. The second kappa shape index (κ2) is 53.2. The number of hydrogen-bond acceptors (Lipinski definition) is 6. The van der Waals surface area contributed by atoms with E-state index in [9.17, 15) is 14.4 Å². The Morgan fingerprint density at radius 1 is 0.333 bits per heavy atom. The second-order valence-corrected chi connectivity index (χ2v) is 16.7. The van der Waals surface area contributed by atoms with E-state index in [1.54, 1.807) is 6.08 Å². The van der Waals surface area contributed by atoms with E-state index >= 15 is 0 Å². The number of rotatable bonds is 45. The highest BCUT2D eigenvalue weighted by Gasteiger charge is 2.19. The normalized spacial score (nSPS) is 13.2. The zero-order valence-electron chi connectivity index (χ0n) is 42.1. The minimum Gasteiger partial charge on any atom is -0.462 e. The summed E-state index contributed by atoms with van der Waals surface area (Å²) in [6.07, 6.45) is 74.5. The summed E-state index contributed by atoms with van der Waals surface area (Å²) < 4.78 is 16.7. The smallest absolute Gasteiger partial charge is 0.309 e. The van der Waals surface area contributed by atoms with Gasteiger partial charge in [0.2, 0.25) is 0 Å². The SMILES string of the molecule is CC/C=C\C/C=C\C/C=C\C/C=C\C/C=C\CC(=O)OCC(COC(=O)CCCCCC/C=C\C/C=C\C/C=C\C/C=C\CC)OC(=O)CCCCCCC/C=C\C/C=C\CCCCCC. The predicted molar refractivity (Wildman–Crippen MR) is 283 cm³/mol. The molecule has 0 saturated carbocycles. The second-order valence-electron chi connectivity index (χ2n) is 16.7. The van der Waals surface area contributed by atoms with Crippen LogP contribution in [0.25, 0.3) is 0 Å². The Labute approximate surface area is 405 Å². The first-order valence-corrected chi connectivity index (χ1v) is 26.2. The maximum atomic E-state index is 12.8. The Morgan fingerprint density at radius 3 is 1.06 bits per heavy atom. The maximum Gasteiger partial charge on any atom is 0.309 e. The largest absolute Gasteiger partial charge is 0.462 e. The van der Waals surface area contributed by atoms with Crippen LogP contribution in [0.4, 0.5) is 0 Å². The Kier molecular flexibility index (Phi) is 49.6. The molecule has 66 heavy (non-hydrogen) atoms. The number of esters is 3. The maximum absolute atomic E-state index is 12.8. The molecule has 0 amide bonds. The Hall–Kier alpha value is -4.45. The van der Waals surface area contributed by atoms with Gasteiger partial charge in [-0.25, -0.2) is 0 Å². The van der Waals surface area contributed by atoms with Crippen molar-refractivity contribution in [1.29, 1.82) is 0 Å². The Bertz CT molecular complexity index is 1460. The molecule has 0 heterocycles. The number of allylic oxidation sites excluding steroid dienone is 21. The molecule has 0 radical (unpaired) electrons. The summed E-state index contributed by atoms with van der Waals surface area (Å²) in [4.78, 5) is 38.0. The van der Waals surface area contributed by atoms with Gasteiger partial charge in [-0.05, 0) is 116 Å². The summed E-state index contributed by atoms with van der Waals surface area (Å²) in [6.45, 7) is 6.25. The molecule has 0 aromatic heterocycles. The van der Waals surface area contributed by atoms with Gasteiger partial charge < -0.3 is 14.2 Å². The van der Waals surface area contributed by atoms with Crippen molar-refractivity contribution in [3.05, 3.63) is 134 Å². The predicted octanol–water partition coefficient (Wildman–Crippen LogP) is 17.5. The van der Waals surface area contributed by atoms with E-state index in [4.69, 9.17) is 14.2 Å². The summed E-state index contributed by atoms with van der Waals surface area (Å²) in [5.41, 5.74) is 0. The first kappa shape index (κ1) is 61.5. The molecule has 1 atom stereocenters. The summed E-state index contributed by atoms with van der Waals surface area (Å²) >= 11 is 0. The molecule has 0 saturated heterocycles. The quantitative estimate of drug-likeness (QED) is 0.0262. The molecule has 0 aromatic rings. The van der Waals surface area contributed by atoms with Crippen molar-refractivity contribution in [3.63, 3.8) is 0 Å². The topological polar surface area (TPSA) is 78.9 Å². The molecule has 0 aliphatic carbocycles. The van der Waals surface area contributed by atoms with Crippen LogP contribution >= 0.6 is 0 Å². The Morgan fingerprint density at radius 2 is 0.652 bits per heavy atom. The number of hydrogen-bond donors (Lipinski definition) is 0. The van der Waals surface area contributed by atoms with Crippen LogP contribution in [0.5, 0.6) is 0 Å². The molecule has 6 nitrogen and oxygen atoms in total. The zero-order chi connectivity index (χ0) is 47.9. The van der Waals surface area contributed by atoms with E-state index in [0.29, 0.717) is 6.42 Å². The van der Waals surface area contributed by atoms with Gasteiger partial charge in [0.15, 0.2) is 6.10 Å². The van der Waals surface area contributed by atoms with Crippen molar-refractivity contribution >= 4 is 17.9 Å². The van der Waals surface area contributed by atoms with Crippen LogP contribution in [-0.4, -0.2) is 37.2 Å². The van der Waals surface area contributed by atoms with Gasteiger partial charge in [-0.2, -0.15) is 0 Å². The number of carbonyl (C=O) groups excluding carboxylic acids is 3. The van der Waals surface area contributed by atoms with Gasteiger partial charge in [-0.1, -0.05) is 206 Å². The van der Waals surface area contributed by atoms with Crippen molar-refractivity contribution < 1.29 is 28.6 Å². The fourth-order valence-electron chi connectivity index (χ4n) is 6.53. The lowest BCUT2D eigenvalue weighted by Crippen LogP contribution is -2.30. The van der Waals surface area contributed by atoms with E-state index in [-0.39, 0.29) is 38.0 Å². The lowest BCUT2D eigenvalue weighted by atomic mass is 10.1. The Balaban J connectivity index is 4.60. The van der Waals surface area contributed by atoms with Gasteiger partial charge in [-0.3, -0.25) is 14.4 Å². The molecular formula is C60H94O6. The van der Waals surface area contributed by atoms with Crippen molar-refractivity contribution in [2.75, 3.05) is 13.2 Å². The third kappa shape index (κ3) is 50.5. The van der Waals surface area contributed by atoms with Gasteiger partial charge in [0.25, 0.3) is 0 Å². The average Bonchev–Trinajstić information content (AvgIpc) is 3.31. The van der Waals surface area contributed by atoms with Gasteiger partial charge >= 0.3 is 17.9 Å². The van der Waals surface area contributed by atoms with E-state index < -0.39 is 12.1 Å². The molecule has 6 heteroatoms. The van der Waals surface area contributed by atoms with Gasteiger partial charge in [0.1, 0.15) is 13.2 Å². The molecule has 0 fully saturated rings. The van der Waals surface area contributed by atoms with E-state index in [1.165, 1.54) is 32.1 Å². The van der Waals surface area contributed by atoms with E-state index in [0.717, 1.165) is 135 Å². The van der Waals surface area contributed by atoms with Crippen LogP contribution in [0, 0.1) is 0 Å². The fourth-order valence-corrected chi connectivity index (χ4v) is 6.53. The molecule has 0 rings (SSSR count). The van der Waals surface area contributed by atoms with Crippen molar-refractivity contribution in [2.45, 2.75) is 213 Å². The van der Waals surface area contributed by atoms with Crippen LogP contribution < -0.4 is 0 Å².